The van der Waals surface area contributed by atoms with Crippen LogP contribution < -0.4 is 9.80 Å². The molecule has 28 aromatic rings. The van der Waals surface area contributed by atoms with Crippen LogP contribution in [0.3, 0.4) is 0 Å². The van der Waals surface area contributed by atoms with E-state index in [2.05, 4.69) is 526 Å². The standard InChI is InChI=1S/C78H71N3O.C62H37NO/c1-75(2,3)54-20-30-58(31-21-54)79(59-32-22-55(23-33-59)76(4,5)6)62-28-17-48-41-65-68-44-53(50-19-38-73-67(43-50)64-15-13-14-16-72(64)82-73)45-69-66-42-49-18-29-63(40-52(49)47-71(66)81(74(68)69)70(65)46-51(48)39-62)80(60-34-24-56(25-35-60)77(7,8)9)61-36-26-57(27-37-61)78(10,11)12;1-3-9-38(10-4-1)40-15-19-42(20-16-40)44-23-25-46-31-53-56-34-51(48-27-28-61-55(33-48)52-13-7-8-14-60(52)64-61)35-57-54-32-47-26-24-45(43-21-17-41(18-22-43)39-11-5-2-6-12-39)30-50(47)37-59(54)63(62(56)57)58(53)36-49(46)29-44/h13-47H,1-12H3;1-37H. The summed E-state index contributed by atoms with van der Waals surface area (Å²) < 4.78 is 17.7. The Balaban J connectivity index is 0.000000149. The molecule has 0 atom stereocenters. The van der Waals surface area contributed by atoms with Crippen molar-refractivity contribution in [3.63, 3.8) is 0 Å². The van der Waals surface area contributed by atoms with Crippen LogP contribution in [0, 0.1) is 0 Å². The first-order valence-corrected chi connectivity index (χ1v) is 51.3. The minimum Gasteiger partial charge on any atom is -0.456 e. The van der Waals surface area contributed by atoms with E-state index in [1.165, 1.54) is 208 Å². The number of para-hydroxylation sites is 2. The van der Waals surface area contributed by atoms with Gasteiger partial charge in [0.25, 0.3) is 0 Å². The molecule has 6 nitrogen and oxygen atoms in total. The van der Waals surface area contributed by atoms with Crippen molar-refractivity contribution in [3.8, 4) is 66.8 Å². The van der Waals surface area contributed by atoms with Crippen LogP contribution in [0.5, 0.6) is 0 Å². The highest BCUT2D eigenvalue weighted by Crippen LogP contribution is 2.51. The first-order chi connectivity index (χ1) is 70.8. The molecule has 28 rings (SSSR count). The number of hydrogen-bond donors (Lipinski definition) is 0. The Labute approximate surface area is 849 Å². The fourth-order valence-corrected chi connectivity index (χ4v) is 23.1. The first-order valence-electron chi connectivity index (χ1n) is 51.3. The molecule has 6 heterocycles. The summed E-state index contributed by atoms with van der Waals surface area (Å²) in [7, 11) is 0. The Kier molecular flexibility index (Phi) is 19.9. The van der Waals surface area contributed by atoms with Crippen LogP contribution in [0.15, 0.2) is 446 Å². The Morgan fingerprint density at radius 2 is 0.390 bits per heavy atom. The number of fused-ring (bicyclic) bond motifs is 22. The molecule has 700 valence electrons. The predicted octanol–water partition coefficient (Wildman–Crippen LogP) is 40.2. The summed E-state index contributed by atoms with van der Waals surface area (Å²) in [5, 5.41) is 24.3. The second-order valence-electron chi connectivity index (χ2n) is 44.5. The van der Waals surface area contributed by atoms with Crippen molar-refractivity contribution in [1.82, 2.24) is 8.80 Å². The summed E-state index contributed by atoms with van der Waals surface area (Å²) in [6, 6.07) is 163. The van der Waals surface area contributed by atoms with Crippen LogP contribution in [0.4, 0.5) is 34.1 Å². The van der Waals surface area contributed by atoms with E-state index in [9.17, 15) is 0 Å². The van der Waals surface area contributed by atoms with Gasteiger partial charge in [-0.2, -0.15) is 0 Å². The molecule has 0 amide bonds. The number of aromatic nitrogens is 2. The third-order valence-corrected chi connectivity index (χ3v) is 31.1. The molecule has 0 spiro atoms. The molecule has 0 unspecified atom stereocenters. The highest BCUT2D eigenvalue weighted by atomic mass is 16.3. The fourth-order valence-electron chi connectivity index (χ4n) is 23.1. The fraction of sp³-hybridized carbons (Fsp3) is 0.114. The van der Waals surface area contributed by atoms with E-state index >= 15 is 0 Å². The lowest BCUT2D eigenvalue weighted by molar-refractivity contribution is 0.590. The molecule has 0 aliphatic carbocycles. The molecule has 0 radical (unpaired) electrons. The summed E-state index contributed by atoms with van der Waals surface area (Å²) >= 11 is 0. The molecule has 0 bridgehead atoms. The molecule has 6 aromatic heterocycles. The smallest absolute Gasteiger partial charge is 0.135 e. The van der Waals surface area contributed by atoms with Crippen LogP contribution in [0.2, 0.25) is 0 Å². The summed E-state index contributed by atoms with van der Waals surface area (Å²) in [5.41, 5.74) is 37.7. The number of benzene rings is 22. The third kappa shape index (κ3) is 14.9. The van der Waals surface area contributed by atoms with E-state index in [0.717, 1.165) is 78.0 Å². The molecular weight excluding hydrogens is 1770 g/mol. The lowest BCUT2D eigenvalue weighted by Crippen LogP contribution is -2.14. The van der Waals surface area contributed by atoms with Crippen molar-refractivity contribution in [2.75, 3.05) is 9.80 Å². The molecule has 0 fully saturated rings. The second-order valence-corrected chi connectivity index (χ2v) is 44.5. The van der Waals surface area contributed by atoms with Gasteiger partial charge in [-0.05, 0) is 348 Å². The Morgan fingerprint density at radius 3 is 0.699 bits per heavy atom. The largest absolute Gasteiger partial charge is 0.456 e. The quantitative estimate of drug-likeness (QED) is 0.122. The van der Waals surface area contributed by atoms with Crippen molar-refractivity contribution in [1.29, 1.82) is 0 Å². The lowest BCUT2D eigenvalue weighted by atomic mass is 9.86. The van der Waals surface area contributed by atoms with Crippen molar-refractivity contribution in [3.05, 3.63) is 459 Å². The van der Waals surface area contributed by atoms with Crippen LogP contribution >= 0.6 is 0 Å². The molecule has 6 heteroatoms. The van der Waals surface area contributed by atoms with Crippen molar-refractivity contribution in [2.45, 2.75) is 105 Å². The van der Waals surface area contributed by atoms with Gasteiger partial charge in [-0.25, -0.2) is 0 Å². The highest BCUT2D eigenvalue weighted by Gasteiger charge is 2.29. The van der Waals surface area contributed by atoms with Gasteiger partial charge in [0.05, 0.1) is 33.1 Å². The van der Waals surface area contributed by atoms with E-state index in [1.54, 1.807) is 0 Å². The zero-order chi connectivity index (χ0) is 98.7. The van der Waals surface area contributed by atoms with Crippen molar-refractivity contribution >= 4 is 197 Å². The van der Waals surface area contributed by atoms with Crippen molar-refractivity contribution < 1.29 is 8.83 Å². The Morgan fingerprint density at radius 1 is 0.158 bits per heavy atom. The summed E-state index contributed by atoms with van der Waals surface area (Å²) in [6.07, 6.45) is 0. The van der Waals surface area contributed by atoms with E-state index < -0.39 is 0 Å². The molecule has 0 aliphatic rings. The maximum absolute atomic E-state index is 6.34. The number of hydrogen-bond acceptors (Lipinski definition) is 4. The Bertz CT molecular complexity index is 9520. The third-order valence-electron chi connectivity index (χ3n) is 31.1. The second kappa shape index (κ2) is 33.1. The van der Waals surface area contributed by atoms with Gasteiger partial charge in [0.2, 0.25) is 0 Å². The predicted molar refractivity (Wildman–Crippen MR) is 624 cm³/mol. The highest BCUT2D eigenvalue weighted by molar-refractivity contribution is 6.30. The van der Waals surface area contributed by atoms with Gasteiger partial charge in [0.1, 0.15) is 22.3 Å². The maximum Gasteiger partial charge on any atom is 0.135 e. The number of rotatable bonds is 12. The maximum atomic E-state index is 6.34. The molecule has 0 saturated heterocycles. The molecule has 0 N–H and O–H groups in total. The van der Waals surface area contributed by atoms with Crippen LogP contribution in [-0.2, 0) is 21.7 Å². The van der Waals surface area contributed by atoms with Gasteiger partial charge in [-0.1, -0.05) is 326 Å². The van der Waals surface area contributed by atoms with Gasteiger partial charge in [0, 0.05) is 98.8 Å². The van der Waals surface area contributed by atoms with Crippen molar-refractivity contribution in [2.24, 2.45) is 0 Å². The molecule has 0 aliphatic heterocycles. The minimum absolute atomic E-state index is 0.0442. The normalized spacial score (nSPS) is 12.5. The van der Waals surface area contributed by atoms with Gasteiger partial charge in [0.15, 0.2) is 0 Å². The van der Waals surface area contributed by atoms with Gasteiger partial charge in [-0.3, -0.25) is 0 Å². The summed E-state index contributed by atoms with van der Waals surface area (Å²) in [4.78, 5) is 4.83. The zero-order valence-electron chi connectivity index (χ0n) is 84.2. The first kappa shape index (κ1) is 87.7. The number of furan rings is 2. The average molecular weight is 1880 g/mol. The molecule has 22 aromatic carbocycles. The summed E-state index contributed by atoms with van der Waals surface area (Å²) in [5.74, 6) is 0. The zero-order valence-corrected chi connectivity index (χ0v) is 84.2. The molecular formula is C140H108N4O2. The number of anilines is 6. The van der Waals surface area contributed by atoms with Gasteiger partial charge in [-0.15, -0.1) is 0 Å². The van der Waals surface area contributed by atoms with E-state index in [4.69, 9.17) is 8.83 Å². The topological polar surface area (TPSA) is 41.6 Å². The average Bonchev–Trinajstić information content (AvgIpc) is 1.53. The van der Waals surface area contributed by atoms with E-state index in [1.807, 2.05) is 12.1 Å². The van der Waals surface area contributed by atoms with Gasteiger partial charge < -0.3 is 27.4 Å². The minimum atomic E-state index is 0.0442. The number of nitrogens with zero attached hydrogens (tertiary/aromatic N) is 4. The van der Waals surface area contributed by atoms with E-state index in [-0.39, 0.29) is 21.7 Å². The molecule has 0 saturated carbocycles. The van der Waals surface area contributed by atoms with Gasteiger partial charge >= 0.3 is 0 Å². The molecule has 146 heavy (non-hydrogen) atoms. The van der Waals surface area contributed by atoms with Crippen LogP contribution in [0.25, 0.3) is 230 Å². The Hall–Kier alpha value is -17.3. The van der Waals surface area contributed by atoms with Crippen LogP contribution in [-0.4, -0.2) is 8.80 Å². The summed E-state index contributed by atoms with van der Waals surface area (Å²) in [6.45, 7) is 27.4. The monoisotopic (exact) mass is 1880 g/mol. The lowest BCUT2D eigenvalue weighted by Gasteiger charge is -2.28. The SMILES string of the molecule is CC(C)(C)c1ccc(N(c2ccc(C(C)(C)C)cc2)c2ccc3cc4c5cc(-c6ccc7oc8ccccc8c7c6)cc6c7cc8ccc(N(c9ccc(C(C)(C)C)cc9)c9ccc(C(C)(C)C)cc9)cc8cc7n(c4cc3c2)c56)cc1.c1ccc(-c2ccc(-c3ccc4cc5c6cc(-c7ccc8oc9ccccc9c8c7)cc7c8cc9ccc(-c%10ccc(-c%11ccccc%11)cc%10)cc9cc8n(c5cc4c3)c67)cc2)cc1. The van der Waals surface area contributed by atoms with Crippen LogP contribution in [0.1, 0.15) is 105 Å². The van der Waals surface area contributed by atoms with E-state index in [0.29, 0.717) is 0 Å².